The van der Waals surface area contributed by atoms with Gasteiger partial charge in [0.2, 0.25) is 0 Å². The lowest BCUT2D eigenvalue weighted by Crippen LogP contribution is -2.60. The molecule has 0 spiro atoms. The minimum Gasteiger partial charge on any atom is -0.456 e. The molecule has 0 saturated heterocycles. The quantitative estimate of drug-likeness (QED) is 0.157. The van der Waals surface area contributed by atoms with Crippen LogP contribution in [0.15, 0.2) is 132 Å². The van der Waals surface area contributed by atoms with Gasteiger partial charge in [-0.15, -0.1) is 0 Å². The second-order valence-corrected chi connectivity index (χ2v) is 19.4. The second kappa shape index (κ2) is 10.7. The maximum Gasteiger partial charge on any atom is 0.333 e. The molecule has 0 saturated carbocycles. The maximum atomic E-state index is 6.56. The van der Waals surface area contributed by atoms with Gasteiger partial charge in [-0.2, -0.15) is 0 Å². The van der Waals surface area contributed by atoms with E-state index in [0.717, 1.165) is 21.9 Å². The third-order valence-corrected chi connectivity index (χ3v) is 13.7. The van der Waals surface area contributed by atoms with Crippen LogP contribution < -0.4 is 15.7 Å². The van der Waals surface area contributed by atoms with Crippen molar-refractivity contribution >= 4 is 72.9 Å². The minimum absolute atomic E-state index is 0.0226. The predicted octanol–water partition coefficient (Wildman–Crippen LogP) is 12.8. The summed E-state index contributed by atoms with van der Waals surface area (Å²) in [5, 5.41) is 4.87. The molecule has 0 radical (unpaired) electrons. The van der Waals surface area contributed by atoms with Crippen molar-refractivity contribution in [2.45, 2.75) is 71.6 Å². The van der Waals surface area contributed by atoms with Crippen molar-refractivity contribution in [2.24, 2.45) is 0 Å². The van der Waals surface area contributed by atoms with Gasteiger partial charge < -0.3 is 13.8 Å². The fourth-order valence-electron chi connectivity index (χ4n) is 10.7. The van der Waals surface area contributed by atoms with Crippen molar-refractivity contribution in [3.63, 3.8) is 0 Å². The van der Waals surface area contributed by atoms with E-state index >= 15 is 0 Å². The molecule has 0 fully saturated rings. The number of hydrogen-bond donors (Lipinski definition) is 0. The van der Waals surface area contributed by atoms with Gasteiger partial charge in [0.1, 0.15) is 11.2 Å². The van der Waals surface area contributed by atoms with Gasteiger partial charge in [0.15, 0.2) is 0 Å². The standard InChI is InChI=1S/C53H45BN2O/c1-51(2,3)30-17-20-32(21-18-30)56-46-28-37-33-13-9-11-15-41(33)53(7,8)42(37)27-39(46)35-22-23-36-38-26-40-34-14-10-12-16-47(34)57-48(40)29-45(38)55-44-24-19-31(52(4,5)6)25-43(44)54(56)49(35)50(36)55/h9-29H,1-8H3. The van der Waals surface area contributed by atoms with E-state index in [4.69, 9.17) is 4.42 Å². The lowest BCUT2D eigenvalue weighted by atomic mass is 9.43. The molecule has 0 unspecified atom stereocenters. The Balaban J connectivity index is 1.24. The smallest absolute Gasteiger partial charge is 0.333 e. The second-order valence-electron chi connectivity index (χ2n) is 19.4. The molecule has 3 aliphatic rings. The highest BCUT2D eigenvalue weighted by Crippen LogP contribution is 2.54. The van der Waals surface area contributed by atoms with Crippen LogP contribution in [0.4, 0.5) is 11.4 Å². The molecule has 0 bridgehead atoms. The monoisotopic (exact) mass is 736 g/mol. The number of hydrogen-bond acceptors (Lipinski definition) is 2. The number of nitrogens with zero attached hydrogens (tertiary/aromatic N) is 2. The Kier molecular flexibility index (Phi) is 6.22. The number of rotatable bonds is 1. The van der Waals surface area contributed by atoms with Crippen molar-refractivity contribution in [3.05, 3.63) is 150 Å². The largest absolute Gasteiger partial charge is 0.456 e. The van der Waals surface area contributed by atoms with Gasteiger partial charge >= 0.3 is 6.85 Å². The minimum atomic E-state index is -0.113. The molecule has 4 heteroatoms. The summed E-state index contributed by atoms with van der Waals surface area (Å²) in [4.78, 5) is 2.68. The molecular weight excluding hydrogens is 691 g/mol. The summed E-state index contributed by atoms with van der Waals surface area (Å²) in [6.07, 6.45) is 0. The molecule has 0 N–H and O–H groups in total. The molecule has 0 amide bonds. The average molecular weight is 737 g/mol. The van der Waals surface area contributed by atoms with Crippen molar-refractivity contribution in [3.8, 4) is 27.9 Å². The highest BCUT2D eigenvalue weighted by molar-refractivity contribution is 6.93. The van der Waals surface area contributed by atoms with E-state index in [1.54, 1.807) is 0 Å². The summed E-state index contributed by atoms with van der Waals surface area (Å²) in [7, 11) is 0. The van der Waals surface area contributed by atoms with Crippen molar-refractivity contribution in [1.82, 2.24) is 4.57 Å². The van der Waals surface area contributed by atoms with E-state index in [1.165, 1.54) is 94.3 Å². The molecule has 57 heavy (non-hydrogen) atoms. The summed E-state index contributed by atoms with van der Waals surface area (Å²) in [5.74, 6) is 0. The zero-order valence-corrected chi connectivity index (χ0v) is 34.0. The van der Waals surface area contributed by atoms with E-state index in [1.807, 2.05) is 0 Å². The van der Waals surface area contributed by atoms with E-state index in [0.29, 0.717) is 0 Å². The molecule has 9 aromatic rings. The molecular formula is C53H45BN2O. The Hall–Kier alpha value is -6.00. The third-order valence-electron chi connectivity index (χ3n) is 13.7. The number of fused-ring (bicyclic) bond motifs is 14. The molecule has 2 aliphatic heterocycles. The van der Waals surface area contributed by atoms with Gasteiger partial charge in [0.25, 0.3) is 0 Å². The molecule has 7 aromatic carbocycles. The predicted molar refractivity (Wildman–Crippen MR) is 242 cm³/mol. The Bertz CT molecular complexity index is 3230. The highest BCUT2D eigenvalue weighted by atomic mass is 16.3. The first-order chi connectivity index (χ1) is 27.3. The van der Waals surface area contributed by atoms with E-state index in [9.17, 15) is 0 Å². The van der Waals surface area contributed by atoms with E-state index < -0.39 is 0 Å². The molecule has 4 heterocycles. The van der Waals surface area contributed by atoms with Crippen LogP contribution in [0, 0.1) is 0 Å². The normalized spacial score (nSPS) is 15.1. The van der Waals surface area contributed by atoms with Gasteiger partial charge in [-0.3, -0.25) is 0 Å². The van der Waals surface area contributed by atoms with Crippen molar-refractivity contribution < 1.29 is 4.42 Å². The Labute approximate surface area is 334 Å². The van der Waals surface area contributed by atoms with Crippen LogP contribution in [0.1, 0.15) is 77.6 Å². The van der Waals surface area contributed by atoms with Crippen LogP contribution >= 0.6 is 0 Å². The zero-order chi connectivity index (χ0) is 38.9. The SMILES string of the molecule is CC(C)(C)c1ccc(N2B3c4cc(C(C)(C)C)ccc4-n4c5cc6oc7ccccc7c6cc5c5ccc(c3c54)-c3cc4c(cc32)-c2ccccc2C4(C)C)cc1. The average Bonchev–Trinajstić information content (AvgIpc) is 3.80. The van der Waals surface area contributed by atoms with E-state index in [-0.39, 0.29) is 23.1 Å². The summed E-state index contributed by atoms with van der Waals surface area (Å²) in [6.45, 7) is 18.7. The van der Waals surface area contributed by atoms with Crippen LogP contribution in [0.2, 0.25) is 0 Å². The van der Waals surface area contributed by atoms with Crippen LogP contribution in [0.25, 0.3) is 71.7 Å². The van der Waals surface area contributed by atoms with Crippen LogP contribution in [-0.4, -0.2) is 11.4 Å². The Morgan fingerprint density at radius 3 is 2.05 bits per heavy atom. The summed E-state index contributed by atoms with van der Waals surface area (Å²) >= 11 is 0. The highest BCUT2D eigenvalue weighted by Gasteiger charge is 2.46. The van der Waals surface area contributed by atoms with Crippen LogP contribution in [0.5, 0.6) is 0 Å². The molecule has 1 aliphatic carbocycles. The van der Waals surface area contributed by atoms with Crippen molar-refractivity contribution in [1.29, 1.82) is 0 Å². The first-order valence-corrected chi connectivity index (χ1v) is 20.5. The van der Waals surface area contributed by atoms with Gasteiger partial charge in [-0.1, -0.05) is 134 Å². The number of furan rings is 1. The summed E-state index contributed by atoms with van der Waals surface area (Å²) < 4.78 is 9.12. The molecule has 276 valence electrons. The van der Waals surface area contributed by atoms with Crippen LogP contribution in [-0.2, 0) is 16.2 Å². The van der Waals surface area contributed by atoms with E-state index in [2.05, 4.69) is 192 Å². The Morgan fingerprint density at radius 1 is 0.526 bits per heavy atom. The maximum absolute atomic E-state index is 6.56. The lowest BCUT2D eigenvalue weighted by molar-refractivity contribution is 0.590. The van der Waals surface area contributed by atoms with Crippen LogP contribution in [0.3, 0.4) is 0 Å². The first-order valence-electron chi connectivity index (χ1n) is 20.5. The molecule has 12 rings (SSSR count). The van der Waals surface area contributed by atoms with Gasteiger partial charge in [0.05, 0.1) is 11.0 Å². The molecule has 2 aromatic heterocycles. The number of aromatic nitrogens is 1. The summed E-state index contributed by atoms with van der Waals surface area (Å²) in [5.41, 5.74) is 21.5. The third kappa shape index (κ3) is 4.28. The topological polar surface area (TPSA) is 21.3 Å². The molecule has 0 atom stereocenters. The van der Waals surface area contributed by atoms with Gasteiger partial charge in [-0.25, -0.2) is 0 Å². The summed E-state index contributed by atoms with van der Waals surface area (Å²) in [6, 6.07) is 48.8. The fourth-order valence-corrected chi connectivity index (χ4v) is 10.7. The number of anilines is 2. The van der Waals surface area contributed by atoms with Crippen molar-refractivity contribution in [2.75, 3.05) is 4.81 Å². The molecule has 3 nitrogen and oxygen atoms in total. The number of para-hydroxylation sites is 1. The fraction of sp³-hybridized carbons (Fsp3) is 0.208. The Morgan fingerprint density at radius 2 is 1.26 bits per heavy atom. The van der Waals surface area contributed by atoms with Gasteiger partial charge in [0, 0.05) is 55.7 Å². The first kappa shape index (κ1) is 33.2. The lowest BCUT2D eigenvalue weighted by Gasteiger charge is -2.43. The van der Waals surface area contributed by atoms with Gasteiger partial charge in [-0.05, 0) is 103 Å². The number of benzene rings is 7. The zero-order valence-electron chi connectivity index (χ0n) is 34.0.